The molecule has 2 heterocycles. The molecule has 2 unspecified atom stereocenters. The van der Waals surface area contributed by atoms with Crippen LogP contribution in [-0.2, 0) is 10.3 Å². The molecule has 4 rings (SSSR count). The first-order valence-electron chi connectivity index (χ1n) is 12.2. The molecule has 1 N–H and O–H groups in total. The van der Waals surface area contributed by atoms with Crippen molar-refractivity contribution >= 4 is 58.8 Å². The van der Waals surface area contributed by atoms with Gasteiger partial charge in [0.05, 0.1) is 0 Å². The Morgan fingerprint density at radius 1 is 1.39 bits per heavy atom. The van der Waals surface area contributed by atoms with Gasteiger partial charge in [-0.05, 0) is 35.9 Å². The van der Waals surface area contributed by atoms with Crippen LogP contribution in [0.2, 0.25) is 25.7 Å². The summed E-state index contributed by atoms with van der Waals surface area (Å²) >= 11 is 6.61. The largest absolute Gasteiger partial charge is 0.465 e. The average molecular weight is 622 g/mol. The number of halogens is 3. The zero-order valence-corrected chi connectivity index (χ0v) is 25.8. The second-order valence-corrected chi connectivity index (χ2v) is 21.2. The van der Waals surface area contributed by atoms with E-state index in [1.165, 1.54) is 22.7 Å². The Kier molecular flexibility index (Phi) is 7.76. The molecule has 36 heavy (non-hydrogen) atoms. The molecule has 2 aliphatic heterocycles. The molecule has 1 saturated carbocycles. The molecule has 2 fully saturated rings. The monoisotopic (exact) mass is 620 g/mol. The van der Waals surface area contributed by atoms with E-state index in [2.05, 4.69) is 35.6 Å². The molecule has 1 aromatic rings. The molecule has 1 spiro atoms. The summed E-state index contributed by atoms with van der Waals surface area (Å²) in [6.45, 7) is 12.0. The quantitative estimate of drug-likeness (QED) is 0.256. The van der Waals surface area contributed by atoms with E-state index in [4.69, 9.17) is 9.73 Å². The molecular formula is C25H35BrF2N2O3S2Si. The van der Waals surface area contributed by atoms with Crippen LogP contribution >= 0.6 is 39.5 Å². The highest BCUT2D eigenvalue weighted by Crippen LogP contribution is 2.75. The van der Waals surface area contributed by atoms with Crippen molar-refractivity contribution in [3.05, 3.63) is 34.1 Å². The summed E-state index contributed by atoms with van der Waals surface area (Å²) in [5.74, 6) is 1.01. The number of hydrogen-bond donors (Lipinski definition) is 1. The van der Waals surface area contributed by atoms with Crippen molar-refractivity contribution in [1.82, 2.24) is 4.90 Å². The van der Waals surface area contributed by atoms with Gasteiger partial charge in [-0.3, -0.25) is 0 Å². The van der Waals surface area contributed by atoms with Gasteiger partial charge in [0.1, 0.15) is 24.3 Å². The van der Waals surface area contributed by atoms with Crippen LogP contribution in [0.1, 0.15) is 26.3 Å². The first-order chi connectivity index (χ1) is 16.7. The first kappa shape index (κ1) is 28.4. The molecule has 11 heteroatoms. The van der Waals surface area contributed by atoms with Gasteiger partial charge in [-0.1, -0.05) is 68.1 Å². The number of amides is 1. The van der Waals surface area contributed by atoms with Gasteiger partial charge < -0.3 is 9.84 Å². The summed E-state index contributed by atoms with van der Waals surface area (Å²) in [5.41, 5.74) is -1.87. The van der Waals surface area contributed by atoms with E-state index in [1.54, 1.807) is 23.9 Å². The van der Waals surface area contributed by atoms with Crippen molar-refractivity contribution in [2.45, 2.75) is 63.0 Å². The Labute approximate surface area is 230 Å². The van der Waals surface area contributed by atoms with Crippen molar-refractivity contribution in [2.24, 2.45) is 22.2 Å². The number of carboxylic acid groups (broad SMARTS) is 1. The van der Waals surface area contributed by atoms with Crippen LogP contribution in [0.4, 0.5) is 13.6 Å². The van der Waals surface area contributed by atoms with Gasteiger partial charge in [0.25, 0.3) is 0 Å². The topological polar surface area (TPSA) is 62.1 Å². The predicted octanol–water partition coefficient (Wildman–Crippen LogP) is 7.29. The third-order valence-electron chi connectivity index (χ3n) is 7.28. The number of ether oxygens (including phenoxy) is 1. The SMILES string of the molecule is CC(C)(C)C(OCC[Si](C)(C)C)N(C(=O)O)C1=N[C@](CF)(c2cc(Br)ccc2F)[C@H]2C3CSC[C@@]32S1. The van der Waals surface area contributed by atoms with E-state index in [9.17, 15) is 9.90 Å². The van der Waals surface area contributed by atoms with Crippen LogP contribution in [0.25, 0.3) is 0 Å². The molecule has 1 aromatic carbocycles. The maximum Gasteiger partial charge on any atom is 0.415 e. The number of nitrogens with zero attached hydrogens (tertiary/aromatic N) is 2. The third-order valence-corrected chi connectivity index (χ3v) is 12.5. The Morgan fingerprint density at radius 2 is 2.08 bits per heavy atom. The van der Waals surface area contributed by atoms with Crippen LogP contribution in [0, 0.1) is 23.1 Å². The number of carbonyl (C=O) groups is 1. The number of alkyl halides is 1. The van der Waals surface area contributed by atoms with Crippen molar-refractivity contribution < 1.29 is 23.4 Å². The van der Waals surface area contributed by atoms with Crippen molar-refractivity contribution in [3.8, 4) is 0 Å². The Bertz CT molecular complexity index is 1070. The molecule has 5 nitrogen and oxygen atoms in total. The molecule has 5 atom stereocenters. The van der Waals surface area contributed by atoms with Gasteiger partial charge in [0.2, 0.25) is 0 Å². The van der Waals surface area contributed by atoms with Gasteiger partial charge in [-0.25, -0.2) is 23.5 Å². The van der Waals surface area contributed by atoms with Gasteiger partial charge in [0.15, 0.2) is 5.17 Å². The highest BCUT2D eigenvalue weighted by atomic mass is 79.9. The Balaban J connectivity index is 1.82. The number of rotatable bonds is 7. The highest BCUT2D eigenvalue weighted by molar-refractivity contribution is 9.10. The normalized spacial score (nSPS) is 30.3. The molecule has 0 aromatic heterocycles. The predicted molar refractivity (Wildman–Crippen MR) is 151 cm³/mol. The van der Waals surface area contributed by atoms with Gasteiger partial charge in [-0.2, -0.15) is 11.8 Å². The minimum Gasteiger partial charge on any atom is -0.465 e. The first-order valence-corrected chi connectivity index (χ1v) is 18.7. The van der Waals surface area contributed by atoms with E-state index < -0.39 is 43.8 Å². The molecule has 0 bridgehead atoms. The van der Waals surface area contributed by atoms with E-state index in [0.717, 1.165) is 17.5 Å². The third kappa shape index (κ3) is 5.03. The minimum absolute atomic E-state index is 0.138. The van der Waals surface area contributed by atoms with Crippen LogP contribution in [0.5, 0.6) is 0 Å². The number of amidine groups is 1. The smallest absolute Gasteiger partial charge is 0.415 e. The number of fused-ring (bicyclic) bond motifs is 1. The molecule has 3 aliphatic rings. The van der Waals surface area contributed by atoms with E-state index in [1.807, 2.05) is 20.8 Å². The summed E-state index contributed by atoms with van der Waals surface area (Å²) < 4.78 is 37.0. The lowest BCUT2D eigenvalue weighted by atomic mass is 9.84. The maximum absolute atomic E-state index is 15.2. The lowest BCUT2D eigenvalue weighted by Gasteiger charge is -2.43. The summed E-state index contributed by atoms with van der Waals surface area (Å²) in [7, 11) is -1.42. The molecule has 0 radical (unpaired) electrons. The van der Waals surface area contributed by atoms with E-state index in [-0.39, 0.29) is 27.3 Å². The maximum atomic E-state index is 15.2. The number of hydrogen-bond acceptors (Lipinski definition) is 5. The van der Waals surface area contributed by atoms with Crippen molar-refractivity contribution in [3.63, 3.8) is 0 Å². The summed E-state index contributed by atoms with van der Waals surface area (Å²) in [4.78, 5) is 18.8. The van der Waals surface area contributed by atoms with Gasteiger partial charge in [-0.15, -0.1) is 0 Å². The zero-order chi connectivity index (χ0) is 26.7. The second-order valence-electron chi connectivity index (χ2n) is 12.3. The van der Waals surface area contributed by atoms with E-state index in [0.29, 0.717) is 11.1 Å². The van der Waals surface area contributed by atoms with Crippen LogP contribution in [-0.4, -0.2) is 65.1 Å². The minimum atomic E-state index is -1.48. The molecule has 200 valence electrons. The van der Waals surface area contributed by atoms with Crippen molar-refractivity contribution in [1.29, 1.82) is 0 Å². The lowest BCUT2D eigenvalue weighted by molar-refractivity contribution is -0.0761. The number of aliphatic imine (C=N–C) groups is 1. The number of thioether (sulfide) groups is 2. The summed E-state index contributed by atoms with van der Waals surface area (Å²) in [6.07, 6.45) is -2.02. The van der Waals surface area contributed by atoms with E-state index >= 15 is 8.78 Å². The Morgan fingerprint density at radius 3 is 2.67 bits per heavy atom. The summed E-state index contributed by atoms with van der Waals surface area (Å²) in [6, 6.07) is 5.38. The Hall–Kier alpha value is -0.623. The van der Waals surface area contributed by atoms with Gasteiger partial charge >= 0.3 is 6.09 Å². The van der Waals surface area contributed by atoms with Crippen LogP contribution in [0.15, 0.2) is 27.7 Å². The lowest BCUT2D eigenvalue weighted by Crippen LogP contribution is -2.54. The number of benzene rings is 1. The molecule has 1 saturated heterocycles. The zero-order valence-electron chi connectivity index (χ0n) is 21.6. The molecular weight excluding hydrogens is 586 g/mol. The molecule has 1 amide bonds. The van der Waals surface area contributed by atoms with Crippen LogP contribution < -0.4 is 0 Å². The fourth-order valence-electron chi connectivity index (χ4n) is 5.43. The second kappa shape index (κ2) is 9.84. The van der Waals surface area contributed by atoms with Crippen LogP contribution in [0.3, 0.4) is 0 Å². The standard InChI is InChI=1S/C25H35BrF2N2O3S2Si/c1-23(2,3)20(33-9-10-36(4,5)6)30(22(31)32)21-29-24(13-27,16-11-15(26)7-8-18(16)28)19-17-12-34-14-25(17,19)35-21/h7-8,11,17,19-20H,9-10,12-14H2,1-6H3,(H,31,32)/t17?,19-,20?,24-,25-/m1/s1. The average Bonchev–Trinajstić information content (AvgIpc) is 3.22. The summed E-state index contributed by atoms with van der Waals surface area (Å²) in [5, 5.41) is 10.7. The van der Waals surface area contributed by atoms with Crippen molar-refractivity contribution in [2.75, 3.05) is 24.8 Å². The van der Waals surface area contributed by atoms with Gasteiger partial charge in [0, 0.05) is 46.5 Å². The molecule has 1 aliphatic carbocycles. The fraction of sp³-hybridized carbons (Fsp3) is 0.680. The highest BCUT2D eigenvalue weighted by Gasteiger charge is 2.77. The fourth-order valence-corrected chi connectivity index (χ4v) is 10.3.